The number of fused-ring (bicyclic) bond motifs is 1. The van der Waals surface area contributed by atoms with Gasteiger partial charge in [0.1, 0.15) is 16.3 Å². The monoisotopic (exact) mass is 445 g/mol. The number of aromatic nitrogens is 1. The van der Waals surface area contributed by atoms with Gasteiger partial charge in [-0.05, 0) is 37.1 Å². The number of carbonyl (C=O) groups excluding carboxylic acids is 1. The van der Waals surface area contributed by atoms with E-state index in [0.29, 0.717) is 57.1 Å². The van der Waals surface area contributed by atoms with Crippen LogP contribution in [0, 0.1) is 5.41 Å². The second kappa shape index (κ2) is 8.94. The lowest BCUT2D eigenvalue weighted by molar-refractivity contribution is 0.0273. The zero-order valence-electron chi connectivity index (χ0n) is 17.6. The summed E-state index contributed by atoms with van der Waals surface area (Å²) in [6.07, 6.45) is 2.90. The molecule has 0 bridgehead atoms. The van der Waals surface area contributed by atoms with Crippen molar-refractivity contribution in [2.45, 2.75) is 17.7 Å². The fourth-order valence-corrected chi connectivity index (χ4v) is 5.86. The summed E-state index contributed by atoms with van der Waals surface area (Å²) in [5.41, 5.74) is 0.0421. The van der Waals surface area contributed by atoms with E-state index in [1.807, 2.05) is 0 Å². The fourth-order valence-electron chi connectivity index (χ4n) is 4.19. The van der Waals surface area contributed by atoms with Crippen LogP contribution in [-0.4, -0.2) is 75.0 Å². The molecule has 2 aromatic rings. The molecule has 0 N–H and O–H groups in total. The van der Waals surface area contributed by atoms with Crippen LogP contribution >= 0.6 is 0 Å². The predicted octanol–water partition coefficient (Wildman–Crippen LogP) is 2.03. The van der Waals surface area contributed by atoms with Crippen molar-refractivity contribution in [1.29, 1.82) is 0 Å². The first-order chi connectivity index (χ1) is 15.0. The smallest absolute Gasteiger partial charge is 0.272 e. The minimum absolute atomic E-state index is 0.101. The lowest BCUT2D eigenvalue weighted by atomic mass is 9.78. The van der Waals surface area contributed by atoms with Gasteiger partial charge < -0.3 is 14.4 Å². The molecule has 166 valence electrons. The summed E-state index contributed by atoms with van der Waals surface area (Å²) in [7, 11) is -2.16. The number of pyridine rings is 1. The van der Waals surface area contributed by atoms with Gasteiger partial charge in [0.25, 0.3) is 5.91 Å². The summed E-state index contributed by atoms with van der Waals surface area (Å²) in [6.45, 7) is 2.36. The lowest BCUT2D eigenvalue weighted by Crippen LogP contribution is -2.53. The topological polar surface area (TPSA) is 89.0 Å². The maximum atomic E-state index is 13.4. The number of rotatable bonds is 4. The quantitative estimate of drug-likeness (QED) is 0.716. The van der Waals surface area contributed by atoms with Gasteiger partial charge in [-0.15, -0.1) is 0 Å². The van der Waals surface area contributed by atoms with E-state index >= 15 is 0 Å². The molecule has 0 unspecified atom stereocenters. The van der Waals surface area contributed by atoms with Gasteiger partial charge in [-0.1, -0.05) is 18.2 Å². The van der Waals surface area contributed by atoms with Gasteiger partial charge in [-0.2, -0.15) is 4.31 Å². The molecule has 1 aromatic heterocycles. The van der Waals surface area contributed by atoms with Crippen molar-refractivity contribution in [3.8, 4) is 5.75 Å². The van der Waals surface area contributed by atoms with Crippen LogP contribution in [0.4, 0.5) is 0 Å². The Morgan fingerprint density at radius 1 is 1.16 bits per heavy atom. The van der Waals surface area contributed by atoms with Crippen molar-refractivity contribution in [2.75, 3.05) is 46.5 Å². The number of amides is 1. The van der Waals surface area contributed by atoms with Crippen LogP contribution < -0.4 is 4.74 Å². The summed E-state index contributed by atoms with van der Waals surface area (Å²) in [5.74, 6) is 0.271. The number of nitrogens with zero attached hydrogens (tertiary/aromatic N) is 3. The van der Waals surface area contributed by atoms with Crippen LogP contribution in [0.1, 0.15) is 23.3 Å². The van der Waals surface area contributed by atoms with Gasteiger partial charge >= 0.3 is 0 Å². The van der Waals surface area contributed by atoms with E-state index in [9.17, 15) is 13.2 Å². The minimum Gasteiger partial charge on any atom is -0.492 e. The molecule has 3 heterocycles. The van der Waals surface area contributed by atoms with E-state index in [-0.39, 0.29) is 22.8 Å². The van der Waals surface area contributed by atoms with E-state index < -0.39 is 10.0 Å². The maximum absolute atomic E-state index is 13.4. The van der Waals surface area contributed by atoms with Gasteiger partial charge in [0.2, 0.25) is 10.0 Å². The molecule has 2 aliphatic rings. The Morgan fingerprint density at radius 3 is 2.61 bits per heavy atom. The van der Waals surface area contributed by atoms with Crippen LogP contribution in [-0.2, 0) is 14.8 Å². The minimum atomic E-state index is -3.73. The highest BCUT2D eigenvalue weighted by Crippen LogP contribution is 2.39. The Labute approximate surface area is 182 Å². The third-order valence-electron chi connectivity index (χ3n) is 6.05. The van der Waals surface area contributed by atoms with Crippen LogP contribution in [0.2, 0.25) is 0 Å². The van der Waals surface area contributed by atoms with E-state index in [4.69, 9.17) is 9.47 Å². The second-order valence-electron chi connectivity index (χ2n) is 8.07. The third kappa shape index (κ3) is 4.44. The highest BCUT2D eigenvalue weighted by molar-refractivity contribution is 7.89. The fraction of sp³-hybridized carbons (Fsp3) is 0.455. The molecule has 0 aliphatic carbocycles. The summed E-state index contributed by atoms with van der Waals surface area (Å²) < 4.78 is 39.5. The van der Waals surface area contributed by atoms with Crippen molar-refractivity contribution >= 4 is 15.9 Å². The number of piperidine rings is 1. The molecule has 1 aromatic carbocycles. The van der Waals surface area contributed by atoms with Crippen molar-refractivity contribution in [2.24, 2.45) is 5.41 Å². The molecule has 2 aliphatic heterocycles. The summed E-state index contributed by atoms with van der Waals surface area (Å²) in [4.78, 5) is 18.9. The largest absolute Gasteiger partial charge is 0.492 e. The Morgan fingerprint density at radius 2 is 1.90 bits per heavy atom. The summed E-state index contributed by atoms with van der Waals surface area (Å²) in [6, 6.07) is 12.0. The molecule has 1 amide bonds. The van der Waals surface area contributed by atoms with Crippen LogP contribution in [0.3, 0.4) is 0 Å². The molecule has 31 heavy (non-hydrogen) atoms. The van der Waals surface area contributed by atoms with Crippen LogP contribution in [0.15, 0.2) is 53.6 Å². The van der Waals surface area contributed by atoms with Gasteiger partial charge in [-0.3, -0.25) is 9.78 Å². The van der Waals surface area contributed by atoms with E-state index in [0.717, 1.165) is 0 Å². The summed E-state index contributed by atoms with van der Waals surface area (Å²) in [5, 5.41) is 0. The zero-order valence-corrected chi connectivity index (χ0v) is 18.4. The molecule has 0 atom stereocenters. The Hall–Kier alpha value is -2.49. The first-order valence-electron chi connectivity index (χ1n) is 10.4. The van der Waals surface area contributed by atoms with Gasteiger partial charge in [0.05, 0.1) is 13.2 Å². The maximum Gasteiger partial charge on any atom is 0.272 e. The highest BCUT2D eigenvalue weighted by Gasteiger charge is 2.43. The van der Waals surface area contributed by atoms with Crippen LogP contribution in [0.25, 0.3) is 0 Å². The Kier molecular flexibility index (Phi) is 6.27. The molecule has 0 radical (unpaired) electrons. The normalized spacial score (nSPS) is 20.4. The first kappa shape index (κ1) is 21.7. The average molecular weight is 446 g/mol. The van der Waals surface area contributed by atoms with Gasteiger partial charge in [0.15, 0.2) is 0 Å². The standard InChI is InChI=1S/C22H27N3O5S/c1-29-15-14-25-16-22(17-30-19-7-2-3-8-20(19)31(25,27)28)9-12-24(13-10-22)21(26)18-6-4-5-11-23-18/h2-8,11H,9-10,12-17H2,1H3. The van der Waals surface area contributed by atoms with Crippen LogP contribution in [0.5, 0.6) is 5.75 Å². The number of hydrogen-bond donors (Lipinski definition) is 0. The molecule has 9 heteroatoms. The number of ether oxygens (including phenoxy) is 2. The number of methoxy groups -OCH3 is 1. The number of para-hydroxylation sites is 1. The molecule has 0 saturated carbocycles. The van der Waals surface area contributed by atoms with Gasteiger partial charge in [-0.25, -0.2) is 8.42 Å². The van der Waals surface area contributed by atoms with Crippen molar-refractivity contribution < 1.29 is 22.7 Å². The zero-order chi connectivity index (χ0) is 21.9. The number of benzene rings is 1. The van der Waals surface area contributed by atoms with Gasteiger partial charge in [0, 0.05) is 44.9 Å². The highest BCUT2D eigenvalue weighted by atomic mass is 32.2. The van der Waals surface area contributed by atoms with E-state index in [2.05, 4.69) is 4.98 Å². The molecule has 1 saturated heterocycles. The predicted molar refractivity (Wildman–Crippen MR) is 114 cm³/mol. The van der Waals surface area contributed by atoms with Crippen molar-refractivity contribution in [3.63, 3.8) is 0 Å². The van der Waals surface area contributed by atoms with E-state index in [1.54, 1.807) is 60.7 Å². The molecular weight excluding hydrogens is 418 g/mol. The summed E-state index contributed by atoms with van der Waals surface area (Å²) >= 11 is 0. The molecule has 1 fully saturated rings. The molecule has 4 rings (SSSR count). The number of hydrogen-bond acceptors (Lipinski definition) is 6. The number of carbonyl (C=O) groups is 1. The first-order valence-corrected chi connectivity index (χ1v) is 11.8. The number of sulfonamides is 1. The molecular formula is C22H27N3O5S. The Bertz CT molecular complexity index is 1020. The number of likely N-dealkylation sites (tertiary alicyclic amines) is 1. The SMILES string of the molecule is COCCN1CC2(CCN(C(=O)c3ccccn3)CC2)COc2ccccc2S1(=O)=O. The third-order valence-corrected chi connectivity index (χ3v) is 7.94. The van der Waals surface area contributed by atoms with E-state index in [1.165, 1.54) is 4.31 Å². The second-order valence-corrected chi connectivity index (χ2v) is 9.98. The molecule has 8 nitrogen and oxygen atoms in total. The van der Waals surface area contributed by atoms with Crippen molar-refractivity contribution in [1.82, 2.24) is 14.2 Å². The van der Waals surface area contributed by atoms with Crippen molar-refractivity contribution in [3.05, 3.63) is 54.4 Å². The average Bonchev–Trinajstić information content (AvgIpc) is 2.80. The Balaban J connectivity index is 1.57. The lowest BCUT2D eigenvalue weighted by Gasteiger charge is -2.44. The molecule has 1 spiro atoms.